The van der Waals surface area contributed by atoms with Crippen molar-refractivity contribution in [2.75, 3.05) is 0 Å². The molecular formula is C53H35N3. The molecule has 3 nitrogen and oxygen atoms in total. The standard InChI is InChI=1S/C53H35N3/c1-4-12-36(13-5-1)38-20-26-43(27-21-38)50-35-51(44-28-22-39(23-29-44)37-14-6-2-7-15-37)56-53(55-50)45-30-24-41(25-31-45)47-34-49(42-17-8-3-9-18-42)54-48-33-32-40-16-10-11-19-46(40)52(47)48/h1-35H. The van der Waals surface area contributed by atoms with Gasteiger partial charge in [0.25, 0.3) is 0 Å². The second kappa shape index (κ2) is 14.4. The number of hydrogen-bond donors (Lipinski definition) is 0. The maximum Gasteiger partial charge on any atom is 0.160 e. The van der Waals surface area contributed by atoms with Gasteiger partial charge in [0.1, 0.15) is 0 Å². The third-order valence-corrected chi connectivity index (χ3v) is 10.5. The minimum Gasteiger partial charge on any atom is -0.248 e. The van der Waals surface area contributed by atoms with Crippen molar-refractivity contribution in [3.8, 4) is 78.5 Å². The van der Waals surface area contributed by atoms with Crippen LogP contribution in [0.1, 0.15) is 0 Å². The maximum atomic E-state index is 5.19. The molecule has 0 saturated heterocycles. The first kappa shape index (κ1) is 33.1. The van der Waals surface area contributed by atoms with Crippen molar-refractivity contribution >= 4 is 21.7 Å². The summed E-state index contributed by atoms with van der Waals surface area (Å²) >= 11 is 0. The number of hydrogen-bond acceptors (Lipinski definition) is 3. The molecule has 0 amide bonds. The smallest absolute Gasteiger partial charge is 0.160 e. The highest BCUT2D eigenvalue weighted by molar-refractivity contribution is 6.13. The lowest BCUT2D eigenvalue weighted by atomic mass is 9.94. The molecule has 0 atom stereocenters. The number of nitrogens with zero attached hydrogens (tertiary/aromatic N) is 3. The molecule has 10 rings (SSSR count). The van der Waals surface area contributed by atoms with E-state index >= 15 is 0 Å². The van der Waals surface area contributed by atoms with Gasteiger partial charge in [-0.05, 0) is 62.4 Å². The molecule has 0 aliphatic rings. The monoisotopic (exact) mass is 713 g/mol. The molecule has 262 valence electrons. The Morgan fingerprint density at radius 2 is 0.679 bits per heavy atom. The summed E-state index contributed by atoms with van der Waals surface area (Å²) in [5.41, 5.74) is 14.8. The Kier molecular flexibility index (Phi) is 8.51. The third-order valence-electron chi connectivity index (χ3n) is 10.5. The first-order valence-corrected chi connectivity index (χ1v) is 18.9. The van der Waals surface area contributed by atoms with E-state index in [4.69, 9.17) is 15.0 Å². The second-order valence-corrected chi connectivity index (χ2v) is 14.0. The minimum atomic E-state index is 0.679. The van der Waals surface area contributed by atoms with E-state index in [9.17, 15) is 0 Å². The Balaban J connectivity index is 1.08. The molecule has 0 N–H and O–H groups in total. The van der Waals surface area contributed by atoms with Crippen LogP contribution >= 0.6 is 0 Å². The van der Waals surface area contributed by atoms with Gasteiger partial charge in [-0.2, -0.15) is 0 Å². The lowest BCUT2D eigenvalue weighted by Gasteiger charge is -2.14. The van der Waals surface area contributed by atoms with Gasteiger partial charge in [0, 0.05) is 27.6 Å². The summed E-state index contributed by atoms with van der Waals surface area (Å²) in [4.78, 5) is 15.5. The first-order chi connectivity index (χ1) is 27.7. The average Bonchev–Trinajstić information content (AvgIpc) is 3.29. The zero-order valence-corrected chi connectivity index (χ0v) is 30.5. The van der Waals surface area contributed by atoms with Gasteiger partial charge in [-0.1, -0.05) is 194 Å². The summed E-state index contributed by atoms with van der Waals surface area (Å²) in [6.07, 6.45) is 0. The van der Waals surface area contributed by atoms with Gasteiger partial charge in [-0.3, -0.25) is 0 Å². The SMILES string of the molecule is c1ccc(-c2ccc(-c3cc(-c4ccc(-c5ccccc5)cc4)nc(-c4ccc(-c5cc(-c6ccccc6)nc6ccc7ccccc7c56)cc4)n3)cc2)cc1. The molecule has 2 heterocycles. The Morgan fingerprint density at radius 1 is 0.268 bits per heavy atom. The molecule has 0 aliphatic carbocycles. The highest BCUT2D eigenvalue weighted by atomic mass is 14.9. The van der Waals surface area contributed by atoms with Crippen LogP contribution in [0.25, 0.3) is 100 Å². The summed E-state index contributed by atoms with van der Waals surface area (Å²) in [7, 11) is 0. The third kappa shape index (κ3) is 6.42. The maximum absolute atomic E-state index is 5.19. The fourth-order valence-electron chi connectivity index (χ4n) is 7.59. The molecular weight excluding hydrogens is 679 g/mol. The summed E-state index contributed by atoms with van der Waals surface area (Å²) < 4.78 is 0. The van der Waals surface area contributed by atoms with Gasteiger partial charge >= 0.3 is 0 Å². The van der Waals surface area contributed by atoms with Crippen molar-refractivity contribution in [2.24, 2.45) is 0 Å². The van der Waals surface area contributed by atoms with E-state index in [1.54, 1.807) is 0 Å². The summed E-state index contributed by atoms with van der Waals surface area (Å²) in [5, 5.41) is 3.53. The number of rotatable bonds is 7. The predicted molar refractivity (Wildman–Crippen MR) is 233 cm³/mol. The predicted octanol–water partition coefficient (Wildman–Crippen LogP) is 13.8. The van der Waals surface area contributed by atoms with Gasteiger partial charge in [0.15, 0.2) is 5.82 Å². The van der Waals surface area contributed by atoms with E-state index in [1.165, 1.54) is 33.0 Å². The fraction of sp³-hybridized carbons (Fsp3) is 0. The molecule has 8 aromatic carbocycles. The molecule has 0 unspecified atom stereocenters. The quantitative estimate of drug-likeness (QED) is 0.154. The number of benzene rings is 8. The van der Waals surface area contributed by atoms with Gasteiger partial charge < -0.3 is 0 Å². The van der Waals surface area contributed by atoms with Crippen molar-refractivity contribution in [3.63, 3.8) is 0 Å². The van der Waals surface area contributed by atoms with Crippen molar-refractivity contribution < 1.29 is 0 Å². The van der Waals surface area contributed by atoms with E-state index in [2.05, 4.69) is 194 Å². The van der Waals surface area contributed by atoms with Crippen LogP contribution in [0.15, 0.2) is 212 Å². The van der Waals surface area contributed by atoms with E-state index in [0.29, 0.717) is 5.82 Å². The van der Waals surface area contributed by atoms with E-state index in [-0.39, 0.29) is 0 Å². The van der Waals surface area contributed by atoms with E-state index in [1.807, 2.05) is 18.2 Å². The van der Waals surface area contributed by atoms with Crippen molar-refractivity contribution in [1.82, 2.24) is 15.0 Å². The number of aromatic nitrogens is 3. The number of fused-ring (bicyclic) bond motifs is 3. The van der Waals surface area contributed by atoms with Crippen LogP contribution in [0.3, 0.4) is 0 Å². The average molecular weight is 714 g/mol. The summed E-state index contributed by atoms with van der Waals surface area (Å²) in [6, 6.07) is 74.5. The molecule has 0 fully saturated rings. The molecule has 2 aromatic heterocycles. The molecule has 0 bridgehead atoms. The summed E-state index contributed by atoms with van der Waals surface area (Å²) in [5.74, 6) is 0.679. The van der Waals surface area contributed by atoms with Crippen molar-refractivity contribution in [1.29, 1.82) is 0 Å². The van der Waals surface area contributed by atoms with Crippen LogP contribution < -0.4 is 0 Å². The van der Waals surface area contributed by atoms with Crippen molar-refractivity contribution in [2.45, 2.75) is 0 Å². The van der Waals surface area contributed by atoms with Crippen LogP contribution in [0.2, 0.25) is 0 Å². The zero-order valence-electron chi connectivity index (χ0n) is 30.5. The van der Waals surface area contributed by atoms with Crippen LogP contribution in [-0.2, 0) is 0 Å². The van der Waals surface area contributed by atoms with Crippen LogP contribution in [-0.4, -0.2) is 15.0 Å². The van der Waals surface area contributed by atoms with Crippen LogP contribution in [0.5, 0.6) is 0 Å². The van der Waals surface area contributed by atoms with Crippen molar-refractivity contribution in [3.05, 3.63) is 212 Å². The Bertz CT molecular complexity index is 2860. The normalized spacial score (nSPS) is 11.2. The molecule has 10 aromatic rings. The second-order valence-electron chi connectivity index (χ2n) is 14.0. The molecule has 0 radical (unpaired) electrons. The molecule has 56 heavy (non-hydrogen) atoms. The zero-order chi connectivity index (χ0) is 37.3. The van der Waals surface area contributed by atoms with E-state index in [0.717, 1.165) is 61.4 Å². The number of pyridine rings is 1. The lowest BCUT2D eigenvalue weighted by molar-refractivity contribution is 1.18. The van der Waals surface area contributed by atoms with Gasteiger partial charge in [-0.15, -0.1) is 0 Å². The Labute approximate surface area is 326 Å². The highest BCUT2D eigenvalue weighted by Gasteiger charge is 2.15. The van der Waals surface area contributed by atoms with Gasteiger partial charge in [0.05, 0.1) is 22.6 Å². The first-order valence-electron chi connectivity index (χ1n) is 18.9. The molecule has 0 spiro atoms. The fourth-order valence-corrected chi connectivity index (χ4v) is 7.59. The van der Waals surface area contributed by atoms with Gasteiger partial charge in [0.2, 0.25) is 0 Å². The molecule has 3 heteroatoms. The lowest BCUT2D eigenvalue weighted by Crippen LogP contribution is -1.96. The highest BCUT2D eigenvalue weighted by Crippen LogP contribution is 2.38. The molecule has 0 aliphatic heterocycles. The van der Waals surface area contributed by atoms with Crippen LogP contribution in [0.4, 0.5) is 0 Å². The Morgan fingerprint density at radius 3 is 1.25 bits per heavy atom. The van der Waals surface area contributed by atoms with E-state index < -0.39 is 0 Å². The van der Waals surface area contributed by atoms with Gasteiger partial charge in [-0.25, -0.2) is 15.0 Å². The summed E-state index contributed by atoms with van der Waals surface area (Å²) in [6.45, 7) is 0. The minimum absolute atomic E-state index is 0.679. The topological polar surface area (TPSA) is 38.7 Å². The molecule has 0 saturated carbocycles. The largest absolute Gasteiger partial charge is 0.248 e. The Hall–Kier alpha value is -7.49. The van der Waals surface area contributed by atoms with Crippen LogP contribution in [0, 0.1) is 0 Å².